The lowest BCUT2D eigenvalue weighted by Crippen LogP contribution is -2.27. The summed E-state index contributed by atoms with van der Waals surface area (Å²) in [5.41, 5.74) is 0.785. The van der Waals surface area contributed by atoms with Crippen LogP contribution in [0.4, 0.5) is 0 Å². The topological polar surface area (TPSA) is 82.5 Å². The number of nitrogens with one attached hydrogen (secondary N) is 1. The minimum Gasteiger partial charge on any atom is -0.476 e. The lowest BCUT2D eigenvalue weighted by atomic mass is 9.87. The van der Waals surface area contributed by atoms with Crippen LogP contribution in [0.25, 0.3) is 0 Å². The number of carboxylic acids is 1. The molecule has 0 atom stereocenters. The van der Waals surface area contributed by atoms with Crippen LogP contribution in [0.15, 0.2) is 5.38 Å². The zero-order chi connectivity index (χ0) is 13.0. The maximum atomic E-state index is 10.7. The highest BCUT2D eigenvalue weighted by atomic mass is 32.1. The van der Waals surface area contributed by atoms with Gasteiger partial charge in [0.05, 0.1) is 11.8 Å². The summed E-state index contributed by atoms with van der Waals surface area (Å²) in [7, 11) is 0. The van der Waals surface area contributed by atoms with Gasteiger partial charge in [0, 0.05) is 11.9 Å². The number of hydrogen-bond acceptors (Lipinski definition) is 5. The molecule has 0 amide bonds. The molecule has 1 aromatic heterocycles. The van der Waals surface area contributed by atoms with Crippen molar-refractivity contribution in [1.29, 1.82) is 0 Å². The number of nitrogens with zero attached hydrogens (tertiary/aromatic N) is 1. The van der Waals surface area contributed by atoms with Gasteiger partial charge in [0.1, 0.15) is 0 Å². The van der Waals surface area contributed by atoms with Crippen LogP contribution < -0.4 is 5.32 Å². The Hall–Kier alpha value is -0.980. The Bertz CT molecular complexity index is 400. The van der Waals surface area contributed by atoms with E-state index in [0.717, 1.165) is 49.3 Å². The van der Waals surface area contributed by atoms with E-state index in [9.17, 15) is 9.90 Å². The van der Waals surface area contributed by atoms with Gasteiger partial charge in [-0.3, -0.25) is 0 Å². The number of carbonyl (C=O) groups is 1. The van der Waals surface area contributed by atoms with Crippen molar-refractivity contribution in [2.24, 2.45) is 5.92 Å². The molecule has 100 valence electrons. The van der Waals surface area contributed by atoms with Gasteiger partial charge in [0.15, 0.2) is 0 Å². The molecule has 2 rings (SSSR count). The number of aromatic nitrogens is 1. The molecule has 1 heterocycles. The Morgan fingerprint density at radius 2 is 2.17 bits per heavy atom. The second-order valence-electron chi connectivity index (χ2n) is 4.75. The van der Waals surface area contributed by atoms with E-state index >= 15 is 0 Å². The maximum Gasteiger partial charge on any atom is 0.365 e. The van der Waals surface area contributed by atoms with Crippen LogP contribution in [-0.4, -0.2) is 33.8 Å². The van der Waals surface area contributed by atoms with Crippen molar-refractivity contribution in [2.45, 2.75) is 38.3 Å². The van der Waals surface area contributed by atoms with E-state index in [1.807, 2.05) is 0 Å². The van der Waals surface area contributed by atoms with Gasteiger partial charge in [0.25, 0.3) is 0 Å². The van der Waals surface area contributed by atoms with Crippen molar-refractivity contribution in [3.05, 3.63) is 16.1 Å². The smallest absolute Gasteiger partial charge is 0.365 e. The SMILES string of the molecule is O=C(O)c1nc(CNCC2CCC(O)CC2)cs1. The predicted molar refractivity (Wildman–Crippen MR) is 68.7 cm³/mol. The molecule has 1 aliphatic carbocycles. The molecule has 0 unspecified atom stereocenters. The van der Waals surface area contributed by atoms with Gasteiger partial charge in [-0.25, -0.2) is 9.78 Å². The lowest BCUT2D eigenvalue weighted by molar-refractivity contribution is 0.0696. The molecule has 1 saturated carbocycles. The Balaban J connectivity index is 1.70. The minimum absolute atomic E-state index is 0.113. The quantitative estimate of drug-likeness (QED) is 0.755. The molecule has 0 aromatic carbocycles. The van der Waals surface area contributed by atoms with Crippen LogP contribution in [0.1, 0.15) is 41.2 Å². The fourth-order valence-corrected chi connectivity index (χ4v) is 2.89. The predicted octanol–water partition coefficient (Wildman–Crippen LogP) is 1.48. The monoisotopic (exact) mass is 270 g/mol. The van der Waals surface area contributed by atoms with Gasteiger partial charge >= 0.3 is 5.97 Å². The number of hydrogen-bond donors (Lipinski definition) is 3. The van der Waals surface area contributed by atoms with E-state index < -0.39 is 5.97 Å². The normalized spacial score (nSPS) is 24.1. The van der Waals surface area contributed by atoms with E-state index in [1.165, 1.54) is 0 Å². The number of rotatable bonds is 5. The maximum absolute atomic E-state index is 10.7. The Kier molecular flexibility index (Phi) is 4.68. The van der Waals surface area contributed by atoms with E-state index in [4.69, 9.17) is 5.11 Å². The second-order valence-corrected chi connectivity index (χ2v) is 5.61. The van der Waals surface area contributed by atoms with Gasteiger partial charge < -0.3 is 15.5 Å². The molecule has 5 nitrogen and oxygen atoms in total. The zero-order valence-corrected chi connectivity index (χ0v) is 10.9. The number of carboxylic acid groups (broad SMARTS) is 1. The highest BCUT2D eigenvalue weighted by Crippen LogP contribution is 2.23. The number of thiazole rings is 1. The third-order valence-electron chi connectivity index (χ3n) is 3.29. The summed E-state index contributed by atoms with van der Waals surface area (Å²) in [4.78, 5) is 14.7. The number of aliphatic hydroxyl groups excluding tert-OH is 1. The fraction of sp³-hybridized carbons (Fsp3) is 0.667. The van der Waals surface area contributed by atoms with Crippen LogP contribution in [0.5, 0.6) is 0 Å². The second kappa shape index (κ2) is 6.26. The Morgan fingerprint density at radius 3 is 2.78 bits per heavy atom. The van der Waals surface area contributed by atoms with Crippen molar-refractivity contribution >= 4 is 17.3 Å². The summed E-state index contributed by atoms with van der Waals surface area (Å²) in [5.74, 6) is -0.349. The van der Waals surface area contributed by atoms with Crippen molar-refractivity contribution in [2.75, 3.05) is 6.54 Å². The zero-order valence-electron chi connectivity index (χ0n) is 10.1. The molecule has 1 fully saturated rings. The molecule has 18 heavy (non-hydrogen) atoms. The first kappa shape index (κ1) is 13.5. The van der Waals surface area contributed by atoms with Crippen LogP contribution in [0, 0.1) is 5.92 Å². The molecular weight excluding hydrogens is 252 g/mol. The molecule has 0 radical (unpaired) electrons. The lowest BCUT2D eigenvalue weighted by Gasteiger charge is -2.25. The molecule has 0 aliphatic heterocycles. The van der Waals surface area contributed by atoms with Crippen LogP contribution in [0.3, 0.4) is 0 Å². The third kappa shape index (κ3) is 3.76. The van der Waals surface area contributed by atoms with Crippen LogP contribution in [-0.2, 0) is 6.54 Å². The van der Waals surface area contributed by atoms with Crippen molar-refractivity contribution in [3.63, 3.8) is 0 Å². The summed E-state index contributed by atoms with van der Waals surface area (Å²) >= 11 is 1.16. The van der Waals surface area contributed by atoms with Crippen molar-refractivity contribution in [1.82, 2.24) is 10.3 Å². The van der Waals surface area contributed by atoms with Gasteiger partial charge in [-0.05, 0) is 38.1 Å². The van der Waals surface area contributed by atoms with Crippen LogP contribution >= 0.6 is 11.3 Å². The van der Waals surface area contributed by atoms with Gasteiger partial charge in [-0.15, -0.1) is 11.3 Å². The number of aliphatic hydroxyl groups is 1. The molecule has 0 saturated heterocycles. The van der Waals surface area contributed by atoms with Gasteiger partial charge in [0.2, 0.25) is 5.01 Å². The molecule has 0 bridgehead atoms. The van der Waals surface area contributed by atoms with E-state index in [2.05, 4.69) is 10.3 Å². The summed E-state index contributed by atoms with van der Waals surface area (Å²) in [6, 6.07) is 0. The standard InChI is InChI=1S/C12H18N2O3S/c15-10-3-1-8(2-4-10)5-13-6-9-7-18-11(14-9)12(16)17/h7-8,10,13,15H,1-6H2,(H,16,17). The fourth-order valence-electron chi connectivity index (χ4n) is 2.24. The van der Waals surface area contributed by atoms with Crippen LogP contribution in [0.2, 0.25) is 0 Å². The molecule has 3 N–H and O–H groups in total. The van der Waals surface area contributed by atoms with Crippen molar-refractivity contribution in [3.8, 4) is 0 Å². The highest BCUT2D eigenvalue weighted by Gasteiger charge is 2.18. The molecular formula is C12H18N2O3S. The molecule has 1 aromatic rings. The third-order valence-corrected chi connectivity index (χ3v) is 4.17. The summed E-state index contributed by atoms with van der Waals surface area (Å²) in [5, 5.41) is 23.4. The van der Waals surface area contributed by atoms with E-state index in [1.54, 1.807) is 5.38 Å². The largest absolute Gasteiger partial charge is 0.476 e. The average molecular weight is 270 g/mol. The highest BCUT2D eigenvalue weighted by molar-refractivity contribution is 7.11. The first-order valence-electron chi connectivity index (χ1n) is 6.21. The summed E-state index contributed by atoms with van der Waals surface area (Å²) in [6.45, 7) is 1.52. The average Bonchev–Trinajstić information content (AvgIpc) is 2.81. The number of aromatic carboxylic acids is 1. The van der Waals surface area contributed by atoms with Crippen molar-refractivity contribution < 1.29 is 15.0 Å². The van der Waals surface area contributed by atoms with E-state index in [-0.39, 0.29) is 11.1 Å². The summed E-state index contributed by atoms with van der Waals surface area (Å²) in [6.07, 6.45) is 3.80. The van der Waals surface area contributed by atoms with Gasteiger partial charge in [-0.2, -0.15) is 0 Å². The van der Waals surface area contributed by atoms with E-state index in [0.29, 0.717) is 12.5 Å². The molecule has 0 spiro atoms. The molecule has 1 aliphatic rings. The Labute approximate surface area is 110 Å². The summed E-state index contributed by atoms with van der Waals surface area (Å²) < 4.78 is 0. The Morgan fingerprint density at radius 1 is 1.44 bits per heavy atom. The molecule has 6 heteroatoms. The minimum atomic E-state index is -0.965. The first-order valence-corrected chi connectivity index (χ1v) is 7.09. The first-order chi connectivity index (χ1) is 8.65. The van der Waals surface area contributed by atoms with Gasteiger partial charge in [-0.1, -0.05) is 0 Å².